The summed E-state index contributed by atoms with van der Waals surface area (Å²) in [6, 6.07) is 1.79. The summed E-state index contributed by atoms with van der Waals surface area (Å²) in [6.07, 6.45) is 3.37. The van der Waals surface area contributed by atoms with Gasteiger partial charge in [0, 0.05) is 25.3 Å². The lowest BCUT2D eigenvalue weighted by atomic mass is 10.1. The number of aromatic nitrogens is 2. The van der Waals surface area contributed by atoms with Crippen LogP contribution in [-0.4, -0.2) is 58.4 Å². The minimum atomic E-state index is -0.127. The number of aromatic amines is 1. The second kappa shape index (κ2) is 7.40. The van der Waals surface area contributed by atoms with E-state index in [1.54, 1.807) is 6.07 Å². The van der Waals surface area contributed by atoms with Crippen molar-refractivity contribution in [2.45, 2.75) is 38.7 Å². The Morgan fingerprint density at radius 1 is 1.55 bits per heavy atom. The Kier molecular flexibility index (Phi) is 5.55. The highest BCUT2D eigenvalue weighted by molar-refractivity contribution is 5.92. The lowest BCUT2D eigenvalue weighted by Crippen LogP contribution is -2.37. The molecule has 1 aliphatic rings. The molecule has 2 heterocycles. The maximum atomic E-state index is 11.8. The van der Waals surface area contributed by atoms with Gasteiger partial charge in [0.25, 0.3) is 5.91 Å². The molecule has 0 spiro atoms. The van der Waals surface area contributed by atoms with Crippen LogP contribution in [0.4, 0.5) is 0 Å². The van der Waals surface area contributed by atoms with Crippen molar-refractivity contribution in [1.82, 2.24) is 20.4 Å². The normalized spacial score (nSPS) is 17.3. The Balaban J connectivity index is 1.62. The number of nitrogens with zero attached hydrogens (tertiary/aromatic N) is 2. The number of aliphatic hydroxyl groups excluding tert-OH is 1. The number of hydrogen-bond donors (Lipinski definition) is 3. The molecule has 0 atom stereocenters. The van der Waals surface area contributed by atoms with Crippen molar-refractivity contribution in [3.8, 4) is 0 Å². The molecule has 6 nitrogen and oxygen atoms in total. The number of amides is 1. The van der Waals surface area contributed by atoms with Crippen LogP contribution in [0.5, 0.6) is 0 Å². The third-order valence-electron chi connectivity index (χ3n) is 3.74. The van der Waals surface area contributed by atoms with E-state index in [4.69, 9.17) is 0 Å². The molecule has 0 bridgehead atoms. The number of piperidine rings is 1. The molecule has 112 valence electrons. The van der Waals surface area contributed by atoms with Crippen LogP contribution >= 0.6 is 0 Å². The van der Waals surface area contributed by atoms with Crippen LogP contribution in [0.15, 0.2) is 6.07 Å². The zero-order valence-electron chi connectivity index (χ0n) is 12.1. The van der Waals surface area contributed by atoms with E-state index in [-0.39, 0.29) is 12.0 Å². The van der Waals surface area contributed by atoms with E-state index in [1.807, 2.05) is 6.92 Å². The average molecular weight is 280 g/mol. The van der Waals surface area contributed by atoms with Gasteiger partial charge in [-0.3, -0.25) is 9.89 Å². The summed E-state index contributed by atoms with van der Waals surface area (Å²) in [5.41, 5.74) is 1.44. The molecule has 1 amide bonds. The molecular weight excluding hydrogens is 256 g/mol. The van der Waals surface area contributed by atoms with E-state index in [9.17, 15) is 9.90 Å². The smallest absolute Gasteiger partial charge is 0.271 e. The zero-order valence-corrected chi connectivity index (χ0v) is 12.1. The van der Waals surface area contributed by atoms with Gasteiger partial charge in [-0.2, -0.15) is 5.10 Å². The van der Waals surface area contributed by atoms with E-state index in [0.717, 1.165) is 51.0 Å². The first-order valence-corrected chi connectivity index (χ1v) is 7.42. The summed E-state index contributed by atoms with van der Waals surface area (Å²) in [7, 11) is 0. The number of rotatable bonds is 6. The van der Waals surface area contributed by atoms with E-state index in [1.165, 1.54) is 0 Å². The molecule has 0 aromatic carbocycles. The predicted molar refractivity (Wildman–Crippen MR) is 76.6 cm³/mol. The molecular formula is C14H24N4O2. The summed E-state index contributed by atoms with van der Waals surface area (Å²) in [5, 5.41) is 19.1. The molecule has 1 fully saturated rings. The first kappa shape index (κ1) is 15.0. The number of H-pyrrole nitrogens is 1. The number of aliphatic hydroxyl groups is 1. The Morgan fingerprint density at radius 3 is 2.95 bits per heavy atom. The average Bonchev–Trinajstić information content (AvgIpc) is 2.94. The topological polar surface area (TPSA) is 81.2 Å². The van der Waals surface area contributed by atoms with Gasteiger partial charge in [-0.15, -0.1) is 0 Å². The van der Waals surface area contributed by atoms with Crippen LogP contribution in [0.1, 0.15) is 42.4 Å². The van der Waals surface area contributed by atoms with E-state index >= 15 is 0 Å². The maximum absolute atomic E-state index is 11.8. The number of carbonyl (C=O) groups excluding carboxylic acids is 1. The van der Waals surface area contributed by atoms with Crippen LogP contribution in [-0.2, 0) is 6.42 Å². The minimum absolute atomic E-state index is 0.116. The second-order valence-corrected chi connectivity index (χ2v) is 5.31. The Morgan fingerprint density at radius 2 is 2.30 bits per heavy atom. The van der Waals surface area contributed by atoms with Crippen molar-refractivity contribution in [3.63, 3.8) is 0 Å². The third-order valence-corrected chi connectivity index (χ3v) is 3.74. The minimum Gasteiger partial charge on any atom is -0.393 e. The van der Waals surface area contributed by atoms with E-state index in [0.29, 0.717) is 12.2 Å². The first-order chi connectivity index (χ1) is 9.69. The van der Waals surface area contributed by atoms with Gasteiger partial charge in [-0.25, -0.2) is 0 Å². The molecule has 3 N–H and O–H groups in total. The van der Waals surface area contributed by atoms with E-state index in [2.05, 4.69) is 20.4 Å². The summed E-state index contributed by atoms with van der Waals surface area (Å²) in [5.74, 6) is -0.116. The van der Waals surface area contributed by atoms with Crippen LogP contribution in [0.25, 0.3) is 0 Å². The SMILES string of the molecule is CCc1cc(C(=O)NCCCN2CCC(O)CC2)n[nH]1. The van der Waals surface area contributed by atoms with Crippen molar-refractivity contribution in [1.29, 1.82) is 0 Å². The molecule has 0 saturated carbocycles. The van der Waals surface area contributed by atoms with Crippen molar-refractivity contribution in [2.75, 3.05) is 26.2 Å². The molecule has 1 aliphatic heterocycles. The first-order valence-electron chi connectivity index (χ1n) is 7.42. The van der Waals surface area contributed by atoms with Crippen LogP contribution in [0, 0.1) is 0 Å². The van der Waals surface area contributed by atoms with Gasteiger partial charge < -0.3 is 15.3 Å². The summed E-state index contributed by atoms with van der Waals surface area (Å²) in [4.78, 5) is 14.2. The van der Waals surface area contributed by atoms with Crippen LogP contribution in [0.3, 0.4) is 0 Å². The van der Waals surface area contributed by atoms with Crippen LogP contribution < -0.4 is 5.32 Å². The quantitative estimate of drug-likeness (QED) is 0.665. The summed E-state index contributed by atoms with van der Waals surface area (Å²) in [6.45, 7) is 5.55. The van der Waals surface area contributed by atoms with Gasteiger partial charge in [-0.05, 0) is 38.3 Å². The molecule has 0 aliphatic carbocycles. The summed E-state index contributed by atoms with van der Waals surface area (Å²) < 4.78 is 0. The number of likely N-dealkylation sites (tertiary alicyclic amines) is 1. The lowest BCUT2D eigenvalue weighted by molar-refractivity contribution is 0.0816. The monoisotopic (exact) mass is 280 g/mol. The Bertz CT molecular complexity index is 425. The van der Waals surface area contributed by atoms with Gasteiger partial charge >= 0.3 is 0 Å². The van der Waals surface area contributed by atoms with Gasteiger partial charge in [-0.1, -0.05) is 6.92 Å². The zero-order chi connectivity index (χ0) is 14.4. The molecule has 2 rings (SSSR count). The highest BCUT2D eigenvalue weighted by atomic mass is 16.3. The Hall–Kier alpha value is -1.40. The van der Waals surface area contributed by atoms with Crippen molar-refractivity contribution >= 4 is 5.91 Å². The summed E-state index contributed by atoms with van der Waals surface area (Å²) >= 11 is 0. The number of hydrogen-bond acceptors (Lipinski definition) is 4. The highest BCUT2D eigenvalue weighted by Gasteiger charge is 2.16. The predicted octanol–water partition coefficient (Wildman–Crippen LogP) is 0.549. The van der Waals surface area contributed by atoms with Crippen molar-refractivity contribution in [3.05, 3.63) is 17.5 Å². The van der Waals surface area contributed by atoms with Crippen molar-refractivity contribution < 1.29 is 9.90 Å². The van der Waals surface area contributed by atoms with Gasteiger partial charge in [0.15, 0.2) is 0 Å². The van der Waals surface area contributed by atoms with E-state index < -0.39 is 0 Å². The standard InChI is InChI=1S/C14H24N4O2/c1-2-11-10-13(17-16-11)14(20)15-6-3-7-18-8-4-12(19)5-9-18/h10,12,19H,2-9H2,1H3,(H,15,20)(H,16,17). The number of carbonyl (C=O) groups is 1. The van der Waals surface area contributed by atoms with Gasteiger partial charge in [0.1, 0.15) is 5.69 Å². The fraction of sp³-hybridized carbons (Fsp3) is 0.714. The number of aryl methyl sites for hydroxylation is 1. The molecule has 1 aromatic rings. The second-order valence-electron chi connectivity index (χ2n) is 5.31. The molecule has 0 radical (unpaired) electrons. The fourth-order valence-electron chi connectivity index (χ4n) is 2.40. The molecule has 1 saturated heterocycles. The third kappa shape index (κ3) is 4.31. The highest BCUT2D eigenvalue weighted by Crippen LogP contribution is 2.09. The molecule has 0 unspecified atom stereocenters. The largest absolute Gasteiger partial charge is 0.393 e. The Labute approximate surface area is 119 Å². The number of nitrogens with one attached hydrogen (secondary N) is 2. The molecule has 6 heteroatoms. The molecule has 20 heavy (non-hydrogen) atoms. The maximum Gasteiger partial charge on any atom is 0.271 e. The van der Waals surface area contributed by atoms with Gasteiger partial charge in [0.2, 0.25) is 0 Å². The molecule has 1 aromatic heterocycles. The van der Waals surface area contributed by atoms with Gasteiger partial charge in [0.05, 0.1) is 6.10 Å². The van der Waals surface area contributed by atoms with Crippen LogP contribution in [0.2, 0.25) is 0 Å². The lowest BCUT2D eigenvalue weighted by Gasteiger charge is -2.29. The fourth-order valence-corrected chi connectivity index (χ4v) is 2.40. The van der Waals surface area contributed by atoms with Crippen molar-refractivity contribution in [2.24, 2.45) is 0 Å².